The summed E-state index contributed by atoms with van der Waals surface area (Å²) in [4.78, 5) is 3.05. The summed E-state index contributed by atoms with van der Waals surface area (Å²) in [6.45, 7) is 2.02. The number of hydrogen-bond acceptors (Lipinski definition) is 0. The quantitative estimate of drug-likeness (QED) is 0.502. The van der Waals surface area contributed by atoms with E-state index in [0.29, 0.717) is 0 Å². The van der Waals surface area contributed by atoms with Crippen molar-refractivity contribution >= 4 is 10.9 Å². The van der Waals surface area contributed by atoms with E-state index < -0.39 is 22.6 Å². The van der Waals surface area contributed by atoms with E-state index in [1.807, 2.05) is 61.5 Å². The Morgan fingerprint density at radius 2 is 1.08 bits per heavy atom. The van der Waals surface area contributed by atoms with E-state index in [-0.39, 0.29) is 0 Å². The molecule has 0 spiro atoms. The van der Waals surface area contributed by atoms with Crippen LogP contribution in [0.5, 0.6) is 0 Å². The molecule has 0 radical (unpaired) electrons. The molecule has 0 N–H and O–H groups in total. The molecule has 4 heteroatoms. The van der Waals surface area contributed by atoms with E-state index >= 15 is 0 Å². The Balaban J connectivity index is 2.06. The van der Waals surface area contributed by atoms with E-state index in [1.54, 1.807) is 12.1 Å². The number of rotatable bonds is 3. The summed E-state index contributed by atoms with van der Waals surface area (Å²) in [5, 5.41) is 0. The van der Waals surface area contributed by atoms with Gasteiger partial charge in [-0.1, -0.05) is 35.9 Å². The van der Waals surface area contributed by atoms with E-state index in [2.05, 4.69) is 0 Å². The Hall–Kier alpha value is -2.20. The number of alkyl halides is 3. The van der Waals surface area contributed by atoms with Crippen molar-refractivity contribution in [1.29, 1.82) is 0 Å². The molecule has 0 heterocycles. The standard InChI is InChI=1S/C20H16F3S/c1-15-7-11-18(12-8-15)24(17-5-3-2-4-6-17)19-13-9-16(10-14-19)20(21,22)23/h2-14H,1H3/q+1. The molecule has 3 aromatic carbocycles. The number of halogens is 3. The van der Waals surface area contributed by atoms with Gasteiger partial charge in [-0.15, -0.1) is 0 Å². The number of hydrogen-bond donors (Lipinski definition) is 0. The highest BCUT2D eigenvalue weighted by atomic mass is 32.2. The first kappa shape index (κ1) is 16.7. The zero-order chi connectivity index (χ0) is 17.2. The molecule has 3 aromatic rings. The fraction of sp³-hybridized carbons (Fsp3) is 0.100. The highest BCUT2D eigenvalue weighted by molar-refractivity contribution is 7.97. The maximum absolute atomic E-state index is 12.8. The minimum absolute atomic E-state index is 0.425. The van der Waals surface area contributed by atoms with Gasteiger partial charge in [0.15, 0.2) is 14.7 Å². The molecule has 0 aliphatic heterocycles. The summed E-state index contributed by atoms with van der Waals surface area (Å²) in [6.07, 6.45) is -4.31. The molecule has 24 heavy (non-hydrogen) atoms. The minimum atomic E-state index is -4.31. The highest BCUT2D eigenvalue weighted by Crippen LogP contribution is 2.34. The van der Waals surface area contributed by atoms with Crippen LogP contribution in [0.1, 0.15) is 11.1 Å². The van der Waals surface area contributed by atoms with Crippen molar-refractivity contribution in [2.45, 2.75) is 27.8 Å². The van der Waals surface area contributed by atoms with Crippen LogP contribution in [-0.4, -0.2) is 0 Å². The molecule has 0 amide bonds. The van der Waals surface area contributed by atoms with Gasteiger partial charge in [0.2, 0.25) is 0 Å². The van der Waals surface area contributed by atoms with Crippen molar-refractivity contribution in [1.82, 2.24) is 0 Å². The van der Waals surface area contributed by atoms with Crippen LogP contribution in [0, 0.1) is 6.92 Å². The third kappa shape index (κ3) is 3.65. The van der Waals surface area contributed by atoms with Crippen LogP contribution in [0.4, 0.5) is 13.2 Å². The zero-order valence-electron chi connectivity index (χ0n) is 13.0. The molecule has 0 aliphatic rings. The van der Waals surface area contributed by atoms with Gasteiger partial charge in [-0.25, -0.2) is 0 Å². The highest BCUT2D eigenvalue weighted by Gasteiger charge is 2.33. The second-order valence-electron chi connectivity index (χ2n) is 5.45. The first-order valence-electron chi connectivity index (χ1n) is 7.48. The average molecular weight is 345 g/mol. The lowest BCUT2D eigenvalue weighted by Crippen LogP contribution is -2.07. The molecule has 1 atom stereocenters. The Morgan fingerprint density at radius 1 is 0.625 bits per heavy atom. The van der Waals surface area contributed by atoms with Gasteiger partial charge in [-0.3, -0.25) is 0 Å². The Bertz CT molecular complexity index is 791. The predicted molar refractivity (Wildman–Crippen MR) is 91.2 cm³/mol. The summed E-state index contributed by atoms with van der Waals surface area (Å²) in [6, 6.07) is 23.5. The SMILES string of the molecule is Cc1ccc([S+](c2ccccc2)c2ccc(C(F)(F)F)cc2)cc1. The molecule has 0 bridgehead atoms. The topological polar surface area (TPSA) is 0 Å². The summed E-state index contributed by atoms with van der Waals surface area (Å²) < 4.78 is 38.4. The van der Waals surface area contributed by atoms with Gasteiger partial charge in [0.1, 0.15) is 0 Å². The molecule has 0 aromatic heterocycles. The van der Waals surface area contributed by atoms with E-state index in [4.69, 9.17) is 0 Å². The van der Waals surface area contributed by atoms with Crippen molar-refractivity contribution < 1.29 is 13.2 Å². The summed E-state index contributed by atoms with van der Waals surface area (Å²) >= 11 is 0. The van der Waals surface area contributed by atoms with Crippen LogP contribution in [-0.2, 0) is 17.1 Å². The van der Waals surface area contributed by atoms with Crippen molar-refractivity contribution in [3.63, 3.8) is 0 Å². The molecule has 0 nitrogen and oxygen atoms in total. The van der Waals surface area contributed by atoms with Gasteiger partial charge in [0.25, 0.3) is 0 Å². The average Bonchev–Trinajstić information content (AvgIpc) is 2.58. The van der Waals surface area contributed by atoms with Crippen molar-refractivity contribution in [3.05, 3.63) is 90.0 Å². The summed E-state index contributed by atoms with van der Waals surface area (Å²) in [5.41, 5.74) is 0.537. The largest absolute Gasteiger partial charge is 0.416 e. The van der Waals surface area contributed by atoms with Gasteiger partial charge in [0.05, 0.1) is 16.5 Å². The minimum Gasteiger partial charge on any atom is -0.166 e. The number of benzene rings is 3. The first-order chi connectivity index (χ1) is 11.4. The smallest absolute Gasteiger partial charge is 0.166 e. The van der Waals surface area contributed by atoms with Gasteiger partial charge in [-0.2, -0.15) is 13.2 Å². The Morgan fingerprint density at radius 3 is 1.58 bits per heavy atom. The van der Waals surface area contributed by atoms with Gasteiger partial charge >= 0.3 is 6.18 Å². The second-order valence-corrected chi connectivity index (χ2v) is 7.48. The Kier molecular flexibility index (Phi) is 4.67. The monoisotopic (exact) mass is 345 g/mol. The first-order valence-corrected chi connectivity index (χ1v) is 8.71. The van der Waals surface area contributed by atoms with Crippen LogP contribution < -0.4 is 0 Å². The summed E-state index contributed by atoms with van der Waals surface area (Å²) in [7, 11) is -0.425. The van der Waals surface area contributed by atoms with Crippen LogP contribution in [0.25, 0.3) is 0 Å². The molecule has 122 valence electrons. The fourth-order valence-electron chi connectivity index (χ4n) is 2.42. The third-order valence-corrected chi connectivity index (χ3v) is 5.88. The molecule has 0 fully saturated rings. The van der Waals surface area contributed by atoms with Crippen molar-refractivity contribution in [3.8, 4) is 0 Å². The fourth-order valence-corrected chi connectivity index (χ4v) is 4.48. The maximum atomic E-state index is 12.8. The van der Waals surface area contributed by atoms with Crippen molar-refractivity contribution in [2.24, 2.45) is 0 Å². The zero-order valence-corrected chi connectivity index (χ0v) is 13.9. The third-order valence-electron chi connectivity index (χ3n) is 3.65. The summed E-state index contributed by atoms with van der Waals surface area (Å²) in [5.74, 6) is 0. The van der Waals surface area contributed by atoms with Crippen LogP contribution in [0.2, 0.25) is 0 Å². The van der Waals surface area contributed by atoms with E-state index in [0.717, 1.165) is 32.4 Å². The van der Waals surface area contributed by atoms with Gasteiger partial charge in [0, 0.05) is 0 Å². The lowest BCUT2D eigenvalue weighted by molar-refractivity contribution is -0.137. The second kappa shape index (κ2) is 6.73. The van der Waals surface area contributed by atoms with Crippen LogP contribution in [0.15, 0.2) is 93.5 Å². The molecule has 0 aliphatic carbocycles. The molecule has 1 unspecified atom stereocenters. The predicted octanol–water partition coefficient (Wildman–Crippen LogP) is 6.11. The van der Waals surface area contributed by atoms with Gasteiger partial charge in [-0.05, 0) is 55.5 Å². The molecule has 3 rings (SSSR count). The van der Waals surface area contributed by atoms with E-state index in [9.17, 15) is 13.2 Å². The van der Waals surface area contributed by atoms with Crippen LogP contribution in [0.3, 0.4) is 0 Å². The van der Waals surface area contributed by atoms with Crippen LogP contribution >= 0.6 is 0 Å². The Labute approximate surface area is 142 Å². The molecule has 0 saturated heterocycles. The van der Waals surface area contributed by atoms with Gasteiger partial charge < -0.3 is 0 Å². The van der Waals surface area contributed by atoms with Crippen molar-refractivity contribution in [2.75, 3.05) is 0 Å². The molecule has 0 saturated carbocycles. The maximum Gasteiger partial charge on any atom is 0.416 e. The normalized spacial score (nSPS) is 12.8. The molecular formula is C20H16F3S+. The molecular weight excluding hydrogens is 329 g/mol. The lowest BCUT2D eigenvalue weighted by atomic mass is 10.2. The lowest BCUT2D eigenvalue weighted by Gasteiger charge is -2.10. The number of aryl methyl sites for hydroxylation is 1. The van der Waals surface area contributed by atoms with E-state index in [1.165, 1.54) is 0 Å².